The van der Waals surface area contributed by atoms with E-state index >= 15 is 0 Å². The third-order valence-corrected chi connectivity index (χ3v) is 5.72. The number of aliphatic hydroxyl groups is 1. The average molecular weight is 379 g/mol. The van der Waals surface area contributed by atoms with Crippen molar-refractivity contribution >= 4 is 0 Å². The molecule has 1 aliphatic rings. The topological polar surface area (TPSA) is 26.7 Å². The highest BCUT2D eigenvalue weighted by Crippen LogP contribution is 2.20. The molecule has 1 atom stereocenters. The van der Waals surface area contributed by atoms with Crippen molar-refractivity contribution in [2.24, 2.45) is 0 Å². The highest BCUT2D eigenvalue weighted by Gasteiger charge is 2.29. The third-order valence-electron chi connectivity index (χ3n) is 5.72. The molecule has 0 radical (unpaired) electrons. The van der Waals surface area contributed by atoms with Crippen LogP contribution in [-0.2, 0) is 0 Å². The molecule has 0 bridgehead atoms. The molecule has 3 nitrogen and oxygen atoms in total. The fraction of sp³-hybridized carbons (Fsp3) is 0.833. The predicted octanol–water partition coefficient (Wildman–Crippen LogP) is 5.76. The summed E-state index contributed by atoms with van der Waals surface area (Å²) in [6.45, 7) is 9.06. The number of aliphatic hydroxyl groups excluding tert-OH is 1. The van der Waals surface area contributed by atoms with Crippen LogP contribution >= 0.6 is 0 Å². The van der Waals surface area contributed by atoms with Crippen molar-refractivity contribution in [3.63, 3.8) is 0 Å². The lowest BCUT2D eigenvalue weighted by Gasteiger charge is -2.29. The van der Waals surface area contributed by atoms with E-state index < -0.39 is 0 Å². The second-order valence-electron chi connectivity index (χ2n) is 7.89. The molecule has 158 valence electrons. The molecule has 27 heavy (non-hydrogen) atoms. The van der Waals surface area contributed by atoms with E-state index in [0.717, 1.165) is 26.1 Å². The summed E-state index contributed by atoms with van der Waals surface area (Å²) in [6, 6.07) is 0. The molecule has 0 spiro atoms. The molecule has 1 aliphatic heterocycles. The van der Waals surface area contributed by atoms with Gasteiger partial charge in [-0.15, -0.1) is 0 Å². The van der Waals surface area contributed by atoms with Crippen molar-refractivity contribution < 1.29 is 5.11 Å². The zero-order valence-corrected chi connectivity index (χ0v) is 18.2. The Morgan fingerprint density at radius 1 is 0.778 bits per heavy atom. The van der Waals surface area contributed by atoms with Gasteiger partial charge in [0.25, 0.3) is 0 Å². The molecular weight excluding hydrogens is 332 g/mol. The van der Waals surface area contributed by atoms with E-state index in [1.165, 1.54) is 77.2 Å². The van der Waals surface area contributed by atoms with Crippen LogP contribution in [0.3, 0.4) is 0 Å². The fourth-order valence-corrected chi connectivity index (χ4v) is 4.05. The minimum atomic E-state index is 0.288. The van der Waals surface area contributed by atoms with Gasteiger partial charge in [0.05, 0.1) is 12.8 Å². The zero-order chi connectivity index (χ0) is 19.6. The minimum Gasteiger partial charge on any atom is -0.395 e. The number of hydrogen-bond acceptors (Lipinski definition) is 3. The molecular formula is C24H46N2O. The second kappa shape index (κ2) is 17.5. The highest BCUT2D eigenvalue weighted by atomic mass is 16.3. The Morgan fingerprint density at radius 2 is 1.41 bits per heavy atom. The predicted molar refractivity (Wildman–Crippen MR) is 119 cm³/mol. The van der Waals surface area contributed by atoms with E-state index in [1.807, 2.05) is 0 Å². The smallest absolute Gasteiger partial charge is 0.0624 e. The number of unbranched alkanes of at least 4 members (excludes halogenated alkanes) is 8. The zero-order valence-electron chi connectivity index (χ0n) is 18.2. The van der Waals surface area contributed by atoms with Crippen LogP contribution in [-0.4, -0.2) is 53.9 Å². The van der Waals surface area contributed by atoms with Crippen molar-refractivity contribution in [3.05, 3.63) is 24.3 Å². The summed E-state index contributed by atoms with van der Waals surface area (Å²) in [6.07, 6.45) is 25.5. The lowest BCUT2D eigenvalue weighted by molar-refractivity contribution is 0.108. The SMILES string of the molecule is CCCCCC=CCC=CCCCCCCCC1N(CC)CCN1CCO. The van der Waals surface area contributed by atoms with Crippen LogP contribution in [0.2, 0.25) is 0 Å². The van der Waals surface area contributed by atoms with E-state index in [0.29, 0.717) is 6.17 Å². The summed E-state index contributed by atoms with van der Waals surface area (Å²) in [7, 11) is 0. The Bertz CT molecular complexity index is 381. The second-order valence-corrected chi connectivity index (χ2v) is 7.89. The van der Waals surface area contributed by atoms with Gasteiger partial charge >= 0.3 is 0 Å². The first kappa shape index (κ1) is 24.4. The van der Waals surface area contributed by atoms with Gasteiger partial charge in [0.1, 0.15) is 0 Å². The first-order valence-electron chi connectivity index (χ1n) is 11.7. The molecule has 3 heteroatoms. The molecule has 0 amide bonds. The number of nitrogens with zero attached hydrogens (tertiary/aromatic N) is 2. The van der Waals surface area contributed by atoms with Crippen LogP contribution in [0.1, 0.15) is 90.9 Å². The molecule has 0 saturated carbocycles. The first-order valence-corrected chi connectivity index (χ1v) is 11.7. The van der Waals surface area contributed by atoms with Gasteiger partial charge in [0, 0.05) is 19.6 Å². The lowest BCUT2D eigenvalue weighted by atomic mass is 10.1. The monoisotopic (exact) mass is 378 g/mol. The van der Waals surface area contributed by atoms with Crippen LogP contribution in [0.15, 0.2) is 24.3 Å². The maximum absolute atomic E-state index is 9.24. The minimum absolute atomic E-state index is 0.288. The number of β-amino-alcohol motifs (C(OH)–C–C–N with tert-alkyl or cyclic N) is 1. The summed E-state index contributed by atoms with van der Waals surface area (Å²) in [5, 5.41) is 9.24. The molecule has 1 rings (SSSR count). The molecule has 1 unspecified atom stereocenters. The number of likely N-dealkylation sites (N-methyl/N-ethyl adjacent to an activating group) is 1. The van der Waals surface area contributed by atoms with Crippen LogP contribution in [0, 0.1) is 0 Å². The van der Waals surface area contributed by atoms with E-state index in [-0.39, 0.29) is 6.61 Å². The van der Waals surface area contributed by atoms with Crippen molar-refractivity contribution in [2.75, 3.05) is 32.8 Å². The Morgan fingerprint density at radius 3 is 2.07 bits per heavy atom. The molecule has 1 fully saturated rings. The number of rotatable bonds is 17. The Labute approximate surface area is 169 Å². The van der Waals surface area contributed by atoms with Crippen LogP contribution in [0.25, 0.3) is 0 Å². The highest BCUT2D eigenvalue weighted by molar-refractivity contribution is 4.92. The molecule has 0 aromatic heterocycles. The quantitative estimate of drug-likeness (QED) is 0.258. The van der Waals surface area contributed by atoms with Crippen molar-refractivity contribution in [3.8, 4) is 0 Å². The summed E-state index contributed by atoms with van der Waals surface area (Å²) in [5.41, 5.74) is 0. The maximum atomic E-state index is 9.24. The van der Waals surface area contributed by atoms with E-state index in [4.69, 9.17) is 0 Å². The van der Waals surface area contributed by atoms with Gasteiger partial charge in [-0.25, -0.2) is 0 Å². The lowest BCUT2D eigenvalue weighted by Crippen LogP contribution is -2.39. The van der Waals surface area contributed by atoms with Crippen LogP contribution in [0.4, 0.5) is 0 Å². The van der Waals surface area contributed by atoms with Crippen molar-refractivity contribution in [2.45, 2.75) is 97.1 Å². The Kier molecular flexibility index (Phi) is 15.8. The number of hydrogen-bond donors (Lipinski definition) is 1. The molecule has 0 aliphatic carbocycles. The van der Waals surface area contributed by atoms with Gasteiger partial charge in [-0.05, 0) is 45.1 Å². The van der Waals surface area contributed by atoms with Crippen molar-refractivity contribution in [1.29, 1.82) is 0 Å². The molecule has 0 aromatic carbocycles. The summed E-state index contributed by atoms with van der Waals surface area (Å²) >= 11 is 0. The fourth-order valence-electron chi connectivity index (χ4n) is 4.05. The van der Waals surface area contributed by atoms with Gasteiger partial charge in [0.2, 0.25) is 0 Å². The van der Waals surface area contributed by atoms with Gasteiger partial charge < -0.3 is 5.11 Å². The number of allylic oxidation sites excluding steroid dienone is 4. The third kappa shape index (κ3) is 11.7. The van der Waals surface area contributed by atoms with E-state index in [9.17, 15) is 5.11 Å². The average Bonchev–Trinajstić information content (AvgIpc) is 3.07. The summed E-state index contributed by atoms with van der Waals surface area (Å²) in [4.78, 5) is 5.03. The van der Waals surface area contributed by atoms with Gasteiger partial charge in [-0.2, -0.15) is 0 Å². The van der Waals surface area contributed by atoms with E-state index in [1.54, 1.807) is 0 Å². The summed E-state index contributed by atoms with van der Waals surface area (Å²) in [5.74, 6) is 0. The van der Waals surface area contributed by atoms with Crippen LogP contribution in [0.5, 0.6) is 0 Å². The Balaban J connectivity index is 1.95. The molecule has 0 aromatic rings. The normalized spacial score (nSPS) is 19.1. The van der Waals surface area contributed by atoms with E-state index in [2.05, 4.69) is 48.0 Å². The largest absolute Gasteiger partial charge is 0.395 e. The first-order chi connectivity index (χ1) is 13.3. The van der Waals surface area contributed by atoms with Crippen molar-refractivity contribution in [1.82, 2.24) is 9.80 Å². The maximum Gasteiger partial charge on any atom is 0.0624 e. The Hall–Kier alpha value is -0.640. The molecule has 1 N–H and O–H groups in total. The van der Waals surface area contributed by atoms with Crippen LogP contribution < -0.4 is 0 Å². The molecule has 1 saturated heterocycles. The summed E-state index contributed by atoms with van der Waals surface area (Å²) < 4.78 is 0. The molecule has 1 heterocycles. The van der Waals surface area contributed by atoms with Gasteiger partial charge in [0.15, 0.2) is 0 Å². The van der Waals surface area contributed by atoms with Gasteiger partial charge in [-0.1, -0.05) is 76.7 Å². The standard InChI is InChI=1S/C24H46N2O/c1-3-5-6-7-8-9-10-11-12-13-14-15-16-17-18-19-24-25(4-2)20-21-26(24)22-23-27/h8-9,11-12,24,27H,3-7,10,13-23H2,1-2H3. The van der Waals surface area contributed by atoms with Gasteiger partial charge in [-0.3, -0.25) is 9.80 Å².